The van der Waals surface area contributed by atoms with E-state index in [1.165, 1.54) is 53.1 Å². The van der Waals surface area contributed by atoms with Gasteiger partial charge < -0.3 is 4.57 Å². The Morgan fingerprint density at radius 3 is 1.55 bits per heavy atom. The number of para-hydroxylation sites is 2. The fourth-order valence-electron chi connectivity index (χ4n) is 8.99. The van der Waals surface area contributed by atoms with Gasteiger partial charge in [-0.1, -0.05) is 176 Å². The summed E-state index contributed by atoms with van der Waals surface area (Å²) in [6.07, 6.45) is 0. The van der Waals surface area contributed by atoms with E-state index in [2.05, 4.69) is 187 Å². The van der Waals surface area contributed by atoms with Crippen molar-refractivity contribution in [1.82, 2.24) is 19.5 Å². The molecule has 0 N–H and O–H groups in total. The number of hydrogen-bond donors (Lipinski definition) is 0. The molecular weight excluding hydrogens is 773 g/mol. The zero-order chi connectivity index (χ0) is 41.0. The van der Waals surface area contributed by atoms with Crippen molar-refractivity contribution in [1.29, 1.82) is 0 Å². The van der Waals surface area contributed by atoms with Crippen LogP contribution in [0.2, 0.25) is 0 Å². The molecular formula is C57H36N4S. The van der Waals surface area contributed by atoms with Gasteiger partial charge >= 0.3 is 0 Å². The Balaban J connectivity index is 1.09. The SMILES string of the molecule is c1ccc(-c2nc(-c3ccccc3)nc(-c3cc(-c4ccccc4-c4ccccc4)ccc3-c3ccc4sc5c(ccc6c5c5ccccc5n6-c5ccccc5)c4c3)n2)cc1. The first-order valence-electron chi connectivity index (χ1n) is 20.9. The van der Waals surface area contributed by atoms with E-state index in [9.17, 15) is 0 Å². The molecule has 0 aliphatic carbocycles. The van der Waals surface area contributed by atoms with Crippen molar-refractivity contribution >= 4 is 53.3 Å². The van der Waals surface area contributed by atoms with Crippen LogP contribution in [-0.2, 0) is 0 Å². The number of benzene rings is 9. The van der Waals surface area contributed by atoms with Crippen LogP contribution in [0.4, 0.5) is 0 Å². The molecule has 0 amide bonds. The molecule has 0 bridgehead atoms. The molecule has 0 aliphatic rings. The molecule has 12 aromatic rings. The number of aromatic nitrogens is 4. The van der Waals surface area contributed by atoms with Crippen LogP contribution in [0.15, 0.2) is 218 Å². The Labute approximate surface area is 362 Å². The Hall–Kier alpha value is -7.99. The molecule has 0 spiro atoms. The van der Waals surface area contributed by atoms with Crippen LogP contribution in [0.25, 0.3) is 115 Å². The first-order valence-corrected chi connectivity index (χ1v) is 21.7. The molecule has 3 heterocycles. The second-order valence-electron chi connectivity index (χ2n) is 15.5. The van der Waals surface area contributed by atoms with E-state index < -0.39 is 0 Å². The van der Waals surface area contributed by atoms with Gasteiger partial charge in [-0.15, -0.1) is 11.3 Å². The van der Waals surface area contributed by atoms with Gasteiger partial charge in [0.1, 0.15) is 0 Å². The van der Waals surface area contributed by atoms with Crippen molar-refractivity contribution in [2.75, 3.05) is 0 Å². The Bertz CT molecular complexity index is 3560. The standard InChI is InChI=1S/C57H36N4S/c1-5-17-37(18-6-1)43-25-13-14-26-44(43)40-29-31-45(49(36-40)57-59-55(38-19-7-2-8-20-38)58-56(60-57)39-21-9-3-10-22-39)41-30-34-52-48(35-41)46-32-33-51-53(54(46)62-52)47-27-15-16-28-50(47)61(51)42-23-11-4-12-24-42/h1-36H. The molecule has 290 valence electrons. The maximum atomic E-state index is 5.27. The largest absolute Gasteiger partial charge is 0.309 e. The van der Waals surface area contributed by atoms with Gasteiger partial charge in [0.25, 0.3) is 0 Å². The maximum absolute atomic E-state index is 5.27. The molecule has 0 fully saturated rings. The summed E-state index contributed by atoms with van der Waals surface area (Å²) in [5.74, 6) is 1.89. The minimum absolute atomic E-state index is 0.623. The van der Waals surface area contributed by atoms with Gasteiger partial charge in [-0.05, 0) is 75.8 Å². The summed E-state index contributed by atoms with van der Waals surface area (Å²) in [4.78, 5) is 15.6. The van der Waals surface area contributed by atoms with E-state index in [4.69, 9.17) is 15.0 Å². The van der Waals surface area contributed by atoms with Crippen molar-refractivity contribution in [3.05, 3.63) is 218 Å². The molecule has 4 nitrogen and oxygen atoms in total. The van der Waals surface area contributed by atoms with E-state index in [0.717, 1.165) is 44.6 Å². The Kier molecular flexibility index (Phi) is 8.65. The summed E-state index contributed by atoms with van der Waals surface area (Å²) in [6, 6.07) is 77.4. The molecule has 0 unspecified atom stereocenters. The molecule has 12 rings (SSSR count). The van der Waals surface area contributed by atoms with Gasteiger partial charge in [-0.25, -0.2) is 15.0 Å². The molecule has 0 saturated heterocycles. The van der Waals surface area contributed by atoms with Gasteiger partial charge in [-0.3, -0.25) is 0 Å². The summed E-state index contributed by atoms with van der Waals surface area (Å²) in [5.41, 5.74) is 13.1. The van der Waals surface area contributed by atoms with E-state index in [1.807, 2.05) is 47.7 Å². The molecule has 9 aromatic carbocycles. The van der Waals surface area contributed by atoms with Crippen LogP contribution in [0.1, 0.15) is 0 Å². The molecule has 62 heavy (non-hydrogen) atoms. The van der Waals surface area contributed by atoms with Crippen LogP contribution in [-0.4, -0.2) is 19.5 Å². The minimum atomic E-state index is 0.623. The molecule has 0 aliphatic heterocycles. The van der Waals surface area contributed by atoms with Gasteiger partial charge in [0.05, 0.1) is 11.0 Å². The second kappa shape index (κ2) is 14.9. The third-order valence-corrected chi connectivity index (χ3v) is 13.1. The fraction of sp³-hybridized carbons (Fsp3) is 0. The number of hydrogen-bond acceptors (Lipinski definition) is 4. The lowest BCUT2D eigenvalue weighted by Crippen LogP contribution is -2.01. The average molecular weight is 809 g/mol. The third kappa shape index (κ3) is 6.09. The van der Waals surface area contributed by atoms with Crippen LogP contribution >= 0.6 is 11.3 Å². The topological polar surface area (TPSA) is 43.6 Å². The van der Waals surface area contributed by atoms with Crippen LogP contribution in [0.3, 0.4) is 0 Å². The van der Waals surface area contributed by atoms with Crippen LogP contribution < -0.4 is 0 Å². The summed E-state index contributed by atoms with van der Waals surface area (Å²) in [6.45, 7) is 0. The maximum Gasteiger partial charge on any atom is 0.164 e. The molecule has 0 atom stereocenters. The highest BCUT2D eigenvalue weighted by Crippen LogP contribution is 2.46. The summed E-state index contributed by atoms with van der Waals surface area (Å²) < 4.78 is 4.94. The first-order chi connectivity index (χ1) is 30.7. The van der Waals surface area contributed by atoms with Crippen LogP contribution in [0, 0.1) is 0 Å². The van der Waals surface area contributed by atoms with Crippen molar-refractivity contribution in [2.24, 2.45) is 0 Å². The smallest absolute Gasteiger partial charge is 0.164 e. The van der Waals surface area contributed by atoms with E-state index in [0.29, 0.717) is 17.5 Å². The predicted molar refractivity (Wildman–Crippen MR) is 260 cm³/mol. The summed E-state index contributed by atoms with van der Waals surface area (Å²) in [7, 11) is 0. The first kappa shape index (κ1) is 35.9. The highest BCUT2D eigenvalue weighted by molar-refractivity contribution is 7.26. The summed E-state index contributed by atoms with van der Waals surface area (Å²) in [5, 5.41) is 5.04. The number of nitrogens with zero attached hydrogens (tertiary/aromatic N) is 4. The average Bonchev–Trinajstić information content (AvgIpc) is 3.90. The Morgan fingerprint density at radius 2 is 0.855 bits per heavy atom. The van der Waals surface area contributed by atoms with Crippen molar-refractivity contribution in [3.8, 4) is 73.2 Å². The zero-order valence-corrected chi connectivity index (χ0v) is 34.3. The lowest BCUT2D eigenvalue weighted by atomic mass is 9.90. The van der Waals surface area contributed by atoms with E-state index in [1.54, 1.807) is 0 Å². The van der Waals surface area contributed by atoms with E-state index in [-0.39, 0.29) is 0 Å². The molecule has 0 saturated carbocycles. The van der Waals surface area contributed by atoms with Crippen LogP contribution in [0.5, 0.6) is 0 Å². The summed E-state index contributed by atoms with van der Waals surface area (Å²) >= 11 is 1.87. The normalized spacial score (nSPS) is 11.5. The number of rotatable bonds is 7. The monoisotopic (exact) mass is 808 g/mol. The highest BCUT2D eigenvalue weighted by atomic mass is 32.1. The highest BCUT2D eigenvalue weighted by Gasteiger charge is 2.21. The van der Waals surface area contributed by atoms with Gasteiger partial charge in [0.2, 0.25) is 0 Å². The van der Waals surface area contributed by atoms with Crippen molar-refractivity contribution in [2.45, 2.75) is 0 Å². The fourth-order valence-corrected chi connectivity index (χ4v) is 10.2. The zero-order valence-electron chi connectivity index (χ0n) is 33.5. The molecule has 3 aromatic heterocycles. The molecule has 5 heteroatoms. The molecule has 0 radical (unpaired) electrons. The van der Waals surface area contributed by atoms with Crippen molar-refractivity contribution in [3.63, 3.8) is 0 Å². The quantitative estimate of drug-likeness (QED) is 0.161. The van der Waals surface area contributed by atoms with Gasteiger partial charge in [0.15, 0.2) is 17.5 Å². The Morgan fingerprint density at radius 1 is 0.323 bits per heavy atom. The van der Waals surface area contributed by atoms with Crippen molar-refractivity contribution < 1.29 is 0 Å². The van der Waals surface area contributed by atoms with Gasteiger partial charge in [0, 0.05) is 53.3 Å². The predicted octanol–water partition coefficient (Wildman–Crippen LogP) is 15.3. The van der Waals surface area contributed by atoms with E-state index >= 15 is 0 Å². The third-order valence-electron chi connectivity index (χ3n) is 11.9. The minimum Gasteiger partial charge on any atom is -0.309 e. The van der Waals surface area contributed by atoms with Gasteiger partial charge in [-0.2, -0.15) is 0 Å². The lowest BCUT2D eigenvalue weighted by molar-refractivity contribution is 1.07. The number of fused-ring (bicyclic) bond motifs is 7. The lowest BCUT2D eigenvalue weighted by Gasteiger charge is -2.16. The second-order valence-corrected chi connectivity index (χ2v) is 16.6. The number of thiophene rings is 1.